The van der Waals surface area contributed by atoms with Crippen molar-refractivity contribution in [1.82, 2.24) is 15.5 Å². The van der Waals surface area contributed by atoms with Crippen LogP contribution in [0.25, 0.3) is 0 Å². The van der Waals surface area contributed by atoms with Crippen molar-refractivity contribution in [3.63, 3.8) is 0 Å². The molecule has 2 aliphatic carbocycles. The van der Waals surface area contributed by atoms with Gasteiger partial charge in [0.1, 0.15) is 0 Å². The maximum atomic E-state index is 12.5. The van der Waals surface area contributed by atoms with Crippen LogP contribution in [0, 0.1) is 36.0 Å². The van der Waals surface area contributed by atoms with Crippen molar-refractivity contribution in [1.29, 1.82) is 0 Å². The van der Waals surface area contributed by atoms with E-state index in [4.69, 9.17) is 6.42 Å². The second kappa shape index (κ2) is 6.45. The van der Waals surface area contributed by atoms with Gasteiger partial charge in [0.05, 0.1) is 24.9 Å². The quantitative estimate of drug-likeness (QED) is 0.246. The molecule has 1 saturated carbocycles. The van der Waals surface area contributed by atoms with Gasteiger partial charge in [-0.1, -0.05) is 18.1 Å². The van der Waals surface area contributed by atoms with Crippen molar-refractivity contribution in [2.75, 3.05) is 26.2 Å². The van der Waals surface area contributed by atoms with Gasteiger partial charge >= 0.3 is 0 Å². The van der Waals surface area contributed by atoms with Crippen molar-refractivity contribution in [3.05, 3.63) is 12.2 Å². The highest BCUT2D eigenvalue weighted by Gasteiger charge is 2.58. The number of guanidine groups is 1. The topological polar surface area (TPSA) is 73.8 Å². The number of carbonyl (C=O) groups excluding carboxylic acids is 2. The Morgan fingerprint density at radius 3 is 2.52 bits per heavy atom. The van der Waals surface area contributed by atoms with E-state index >= 15 is 0 Å². The second-order valence-corrected chi connectivity index (χ2v) is 6.15. The number of terminal acetylenes is 1. The van der Waals surface area contributed by atoms with Gasteiger partial charge in [0.2, 0.25) is 11.8 Å². The number of likely N-dealkylation sites (tertiary alicyclic amines) is 1. The van der Waals surface area contributed by atoms with Gasteiger partial charge < -0.3 is 10.6 Å². The number of aliphatic imine (C=N–C) groups is 1. The molecule has 23 heavy (non-hydrogen) atoms. The third-order valence-electron chi connectivity index (χ3n) is 4.86. The number of imide groups is 1. The van der Waals surface area contributed by atoms with Gasteiger partial charge in [0.15, 0.2) is 5.96 Å². The van der Waals surface area contributed by atoms with E-state index in [-0.39, 0.29) is 35.5 Å². The van der Waals surface area contributed by atoms with E-state index in [1.165, 1.54) is 4.90 Å². The van der Waals surface area contributed by atoms with E-state index < -0.39 is 0 Å². The van der Waals surface area contributed by atoms with E-state index in [9.17, 15) is 9.59 Å². The normalized spacial score (nSPS) is 31.5. The highest BCUT2D eigenvalue weighted by Crippen LogP contribution is 2.52. The van der Waals surface area contributed by atoms with Crippen LogP contribution in [-0.2, 0) is 9.59 Å². The molecule has 0 aromatic rings. The van der Waals surface area contributed by atoms with E-state index in [2.05, 4.69) is 33.7 Å². The average Bonchev–Trinajstić information content (AvgIpc) is 3.21. The molecule has 2 bridgehead atoms. The first-order chi connectivity index (χ1) is 11.2. The summed E-state index contributed by atoms with van der Waals surface area (Å²) in [7, 11) is 0. The number of amides is 2. The largest absolute Gasteiger partial charge is 0.357 e. The Hall–Kier alpha value is -2.29. The van der Waals surface area contributed by atoms with Crippen LogP contribution >= 0.6 is 0 Å². The SMILES string of the molecule is C#CCNC(=NCCN1C(=O)C2C3C=CC(C3)C2C1=O)NCC. The molecular weight excluding hydrogens is 292 g/mol. The van der Waals surface area contributed by atoms with Crippen molar-refractivity contribution in [2.45, 2.75) is 13.3 Å². The summed E-state index contributed by atoms with van der Waals surface area (Å²) >= 11 is 0. The lowest BCUT2D eigenvalue weighted by molar-refractivity contribution is -0.140. The van der Waals surface area contributed by atoms with Crippen molar-refractivity contribution in [2.24, 2.45) is 28.7 Å². The van der Waals surface area contributed by atoms with Crippen LogP contribution in [0.15, 0.2) is 17.1 Å². The molecule has 2 amide bonds. The van der Waals surface area contributed by atoms with Crippen molar-refractivity contribution in [3.8, 4) is 12.3 Å². The first-order valence-electron chi connectivity index (χ1n) is 8.16. The first-order valence-corrected chi connectivity index (χ1v) is 8.16. The summed E-state index contributed by atoms with van der Waals surface area (Å²) in [6.45, 7) is 3.77. The van der Waals surface area contributed by atoms with Crippen LogP contribution in [0.5, 0.6) is 0 Å². The van der Waals surface area contributed by atoms with Gasteiger partial charge in [-0.05, 0) is 25.2 Å². The molecule has 4 unspecified atom stereocenters. The van der Waals surface area contributed by atoms with E-state index in [0.717, 1.165) is 13.0 Å². The van der Waals surface area contributed by atoms with E-state index in [0.29, 0.717) is 25.6 Å². The number of rotatable bonds is 5. The molecule has 0 aromatic heterocycles. The van der Waals surface area contributed by atoms with Crippen molar-refractivity contribution < 1.29 is 9.59 Å². The Bertz CT molecular complexity index is 574. The molecule has 4 atom stereocenters. The summed E-state index contributed by atoms with van der Waals surface area (Å²) in [5, 5.41) is 6.06. The Kier molecular flexibility index (Phi) is 4.37. The highest BCUT2D eigenvalue weighted by molar-refractivity contribution is 6.06. The minimum Gasteiger partial charge on any atom is -0.357 e. The standard InChI is InChI=1S/C17H22N4O2/c1-3-7-19-17(18-4-2)20-8-9-21-15(22)13-11-5-6-12(10-11)14(13)16(21)23/h1,5-6,11-14H,4,7-10H2,2H3,(H2,18,19,20). The van der Waals surface area contributed by atoms with Crippen LogP contribution < -0.4 is 10.6 Å². The Morgan fingerprint density at radius 2 is 1.96 bits per heavy atom. The fourth-order valence-electron chi connectivity index (χ4n) is 3.92. The number of allylic oxidation sites excluding steroid dienone is 2. The molecular formula is C17H22N4O2. The zero-order valence-electron chi connectivity index (χ0n) is 13.3. The zero-order valence-corrected chi connectivity index (χ0v) is 13.3. The smallest absolute Gasteiger partial charge is 0.233 e. The number of carbonyl (C=O) groups is 2. The number of nitrogens with zero attached hydrogens (tertiary/aromatic N) is 2. The van der Waals surface area contributed by atoms with Gasteiger partial charge in [-0.2, -0.15) is 0 Å². The Balaban J connectivity index is 1.60. The monoisotopic (exact) mass is 314 g/mol. The fourth-order valence-corrected chi connectivity index (χ4v) is 3.92. The molecule has 6 nitrogen and oxygen atoms in total. The first kappa shape index (κ1) is 15.6. The lowest BCUT2D eigenvalue weighted by Crippen LogP contribution is -2.39. The second-order valence-electron chi connectivity index (χ2n) is 6.15. The Labute approximate surface area is 136 Å². The summed E-state index contributed by atoms with van der Waals surface area (Å²) in [6.07, 6.45) is 10.4. The predicted octanol–water partition coefficient (Wildman–Crippen LogP) is -0.0182. The molecule has 0 radical (unpaired) electrons. The predicted molar refractivity (Wildman–Crippen MR) is 87.3 cm³/mol. The molecule has 1 aliphatic heterocycles. The maximum Gasteiger partial charge on any atom is 0.233 e. The zero-order chi connectivity index (χ0) is 16.4. The van der Waals surface area contributed by atoms with Gasteiger partial charge in [0.25, 0.3) is 0 Å². The maximum absolute atomic E-state index is 12.5. The molecule has 6 heteroatoms. The minimum atomic E-state index is -0.130. The molecule has 3 aliphatic rings. The molecule has 0 spiro atoms. The summed E-state index contributed by atoms with van der Waals surface area (Å²) < 4.78 is 0. The summed E-state index contributed by atoms with van der Waals surface area (Å²) in [5.74, 6) is 3.30. The van der Waals surface area contributed by atoms with Crippen LogP contribution in [0.2, 0.25) is 0 Å². The Morgan fingerprint density at radius 1 is 1.30 bits per heavy atom. The average molecular weight is 314 g/mol. The van der Waals surface area contributed by atoms with Crippen LogP contribution in [0.3, 0.4) is 0 Å². The fraction of sp³-hybridized carbons (Fsp3) is 0.588. The lowest BCUT2D eigenvalue weighted by atomic mass is 9.85. The molecule has 3 rings (SSSR count). The van der Waals surface area contributed by atoms with Crippen LogP contribution in [-0.4, -0.2) is 48.9 Å². The van der Waals surface area contributed by atoms with Gasteiger partial charge in [-0.25, -0.2) is 0 Å². The number of hydrogen-bond donors (Lipinski definition) is 2. The highest BCUT2D eigenvalue weighted by atomic mass is 16.2. The van der Waals surface area contributed by atoms with Crippen LogP contribution in [0.1, 0.15) is 13.3 Å². The molecule has 2 N–H and O–H groups in total. The summed E-state index contributed by atoms with van der Waals surface area (Å²) in [5.41, 5.74) is 0. The van der Waals surface area contributed by atoms with E-state index in [1.807, 2.05) is 6.92 Å². The summed E-state index contributed by atoms with van der Waals surface area (Å²) in [4.78, 5) is 30.8. The third kappa shape index (κ3) is 2.72. The number of fused-ring (bicyclic) bond motifs is 5. The number of nitrogens with one attached hydrogen (secondary N) is 2. The van der Waals surface area contributed by atoms with Gasteiger partial charge in [0, 0.05) is 13.1 Å². The molecule has 2 fully saturated rings. The van der Waals surface area contributed by atoms with Crippen LogP contribution in [0.4, 0.5) is 0 Å². The van der Waals surface area contributed by atoms with Gasteiger partial charge in [-0.3, -0.25) is 19.5 Å². The third-order valence-corrected chi connectivity index (χ3v) is 4.86. The molecule has 122 valence electrons. The lowest BCUT2D eigenvalue weighted by Gasteiger charge is -2.16. The molecule has 0 aromatic carbocycles. The number of hydrogen-bond acceptors (Lipinski definition) is 3. The molecule has 1 heterocycles. The molecule has 1 saturated heterocycles. The van der Waals surface area contributed by atoms with Gasteiger partial charge in [-0.15, -0.1) is 6.42 Å². The summed E-state index contributed by atoms with van der Waals surface area (Å²) in [6, 6.07) is 0. The van der Waals surface area contributed by atoms with Crippen molar-refractivity contribution >= 4 is 17.8 Å². The van der Waals surface area contributed by atoms with E-state index in [1.54, 1.807) is 0 Å². The minimum absolute atomic E-state index is 0.0198.